The second-order valence-electron chi connectivity index (χ2n) is 3.32. The molecule has 0 amide bonds. The Bertz CT molecular complexity index is 490. The summed E-state index contributed by atoms with van der Waals surface area (Å²) < 4.78 is 25.7. The number of hydrogen-bond acceptors (Lipinski definition) is 3. The van der Waals surface area contributed by atoms with Crippen molar-refractivity contribution >= 4 is 15.7 Å². The molecule has 0 aliphatic carbocycles. The van der Waals surface area contributed by atoms with E-state index in [1.807, 2.05) is 6.92 Å². The van der Waals surface area contributed by atoms with Gasteiger partial charge in [0.05, 0.1) is 11.9 Å². The largest absolute Gasteiger partial charge is 0.313 e. The van der Waals surface area contributed by atoms with E-state index < -0.39 is 10.0 Å². The van der Waals surface area contributed by atoms with Crippen LogP contribution in [0.4, 0.5) is 5.69 Å². The van der Waals surface area contributed by atoms with E-state index in [9.17, 15) is 13.2 Å². The summed E-state index contributed by atoms with van der Waals surface area (Å²) in [4.78, 5) is 11.3. The van der Waals surface area contributed by atoms with Crippen LogP contribution in [-0.4, -0.2) is 19.2 Å². The number of pyridine rings is 1. The number of nitrogens with one attached hydrogen (secondary N) is 1. The fourth-order valence-electron chi connectivity index (χ4n) is 1.22. The molecule has 0 spiro atoms. The molecule has 15 heavy (non-hydrogen) atoms. The van der Waals surface area contributed by atoms with Gasteiger partial charge in [0, 0.05) is 18.8 Å². The molecule has 0 atom stereocenters. The number of sulfonamides is 1. The monoisotopic (exact) mass is 230 g/mol. The van der Waals surface area contributed by atoms with E-state index in [1.54, 1.807) is 0 Å². The molecule has 5 nitrogen and oxygen atoms in total. The lowest BCUT2D eigenvalue weighted by molar-refractivity contribution is 0.606. The van der Waals surface area contributed by atoms with Crippen LogP contribution in [0.25, 0.3) is 0 Å². The van der Waals surface area contributed by atoms with Crippen LogP contribution in [0.15, 0.2) is 23.1 Å². The van der Waals surface area contributed by atoms with E-state index in [4.69, 9.17) is 0 Å². The summed E-state index contributed by atoms with van der Waals surface area (Å²) in [6.07, 6.45) is 3.40. The molecule has 1 aromatic heterocycles. The van der Waals surface area contributed by atoms with Gasteiger partial charge >= 0.3 is 0 Å². The lowest BCUT2D eigenvalue weighted by Crippen LogP contribution is -2.20. The highest BCUT2D eigenvalue weighted by Crippen LogP contribution is 2.05. The lowest BCUT2D eigenvalue weighted by atomic mass is 10.4. The van der Waals surface area contributed by atoms with Gasteiger partial charge in [0.2, 0.25) is 10.0 Å². The molecule has 0 aliphatic heterocycles. The Morgan fingerprint density at radius 2 is 2.07 bits per heavy atom. The number of aryl methyl sites for hydroxylation is 1. The van der Waals surface area contributed by atoms with Crippen LogP contribution >= 0.6 is 0 Å². The van der Waals surface area contributed by atoms with Gasteiger partial charge < -0.3 is 4.57 Å². The predicted octanol–water partition coefficient (Wildman–Crippen LogP) is 0.630. The van der Waals surface area contributed by atoms with Gasteiger partial charge in [-0.05, 0) is 12.5 Å². The number of aromatic nitrogens is 1. The first-order chi connectivity index (χ1) is 6.92. The lowest BCUT2D eigenvalue weighted by Gasteiger charge is -2.07. The van der Waals surface area contributed by atoms with Gasteiger partial charge in [0.15, 0.2) is 0 Å². The molecule has 0 radical (unpaired) electrons. The third-order valence-electron chi connectivity index (χ3n) is 1.75. The van der Waals surface area contributed by atoms with Crippen molar-refractivity contribution in [2.24, 2.45) is 0 Å². The third-order valence-corrected chi connectivity index (χ3v) is 2.36. The molecule has 84 valence electrons. The van der Waals surface area contributed by atoms with Crippen LogP contribution in [0.1, 0.15) is 13.3 Å². The summed E-state index contributed by atoms with van der Waals surface area (Å²) >= 11 is 0. The molecule has 1 rings (SSSR count). The molecule has 1 aromatic rings. The normalized spacial score (nSPS) is 11.3. The molecule has 0 saturated carbocycles. The van der Waals surface area contributed by atoms with Gasteiger partial charge in [-0.25, -0.2) is 8.42 Å². The molecule has 0 aliphatic rings. The van der Waals surface area contributed by atoms with Crippen molar-refractivity contribution in [3.8, 4) is 0 Å². The molecule has 0 saturated heterocycles. The van der Waals surface area contributed by atoms with Crippen LogP contribution in [-0.2, 0) is 16.6 Å². The Hall–Kier alpha value is -1.30. The van der Waals surface area contributed by atoms with E-state index in [-0.39, 0.29) is 5.56 Å². The van der Waals surface area contributed by atoms with E-state index in [0.717, 1.165) is 12.7 Å². The van der Waals surface area contributed by atoms with Gasteiger partial charge in [-0.15, -0.1) is 0 Å². The Kier molecular flexibility index (Phi) is 3.52. The van der Waals surface area contributed by atoms with Crippen molar-refractivity contribution in [2.45, 2.75) is 19.9 Å². The zero-order chi connectivity index (χ0) is 11.5. The van der Waals surface area contributed by atoms with Gasteiger partial charge in [-0.3, -0.25) is 9.52 Å². The summed E-state index contributed by atoms with van der Waals surface area (Å²) in [6.45, 7) is 2.53. The fraction of sp³-hybridized carbons (Fsp3) is 0.444. The minimum Gasteiger partial charge on any atom is -0.313 e. The maximum Gasteiger partial charge on any atom is 0.250 e. The molecule has 0 fully saturated rings. The minimum atomic E-state index is -3.29. The van der Waals surface area contributed by atoms with Crippen LogP contribution < -0.4 is 10.3 Å². The first-order valence-electron chi connectivity index (χ1n) is 4.60. The van der Waals surface area contributed by atoms with E-state index >= 15 is 0 Å². The second-order valence-corrected chi connectivity index (χ2v) is 5.07. The molecule has 0 bridgehead atoms. The summed E-state index contributed by atoms with van der Waals surface area (Å²) in [5.74, 6) is 0. The zero-order valence-corrected chi connectivity index (χ0v) is 9.54. The Balaban J connectivity index is 3.02. The minimum absolute atomic E-state index is 0.129. The number of anilines is 1. The van der Waals surface area contributed by atoms with Crippen LogP contribution in [0.5, 0.6) is 0 Å². The van der Waals surface area contributed by atoms with Crippen LogP contribution in [0, 0.1) is 0 Å². The number of hydrogen-bond donors (Lipinski definition) is 1. The Labute approximate surface area is 88.8 Å². The molecule has 6 heteroatoms. The molecular formula is C9H14N2O3S. The molecule has 0 aromatic carbocycles. The molecular weight excluding hydrogens is 216 g/mol. The number of nitrogens with zero attached hydrogens (tertiary/aromatic N) is 1. The fourth-order valence-corrected chi connectivity index (χ4v) is 1.77. The summed E-state index contributed by atoms with van der Waals surface area (Å²) in [6, 6.07) is 2.80. The highest BCUT2D eigenvalue weighted by Gasteiger charge is 2.03. The maximum atomic E-state index is 11.3. The van der Waals surface area contributed by atoms with Gasteiger partial charge in [0.1, 0.15) is 0 Å². The molecule has 0 unspecified atom stereocenters. The van der Waals surface area contributed by atoms with Crippen molar-refractivity contribution in [1.82, 2.24) is 4.57 Å². The number of rotatable bonds is 4. The quantitative estimate of drug-likeness (QED) is 0.825. The van der Waals surface area contributed by atoms with Crippen molar-refractivity contribution in [2.75, 3.05) is 11.0 Å². The molecule has 1 N–H and O–H groups in total. The van der Waals surface area contributed by atoms with Crippen molar-refractivity contribution in [3.63, 3.8) is 0 Å². The summed E-state index contributed by atoms with van der Waals surface area (Å²) in [7, 11) is -3.29. The third kappa shape index (κ3) is 3.75. The average Bonchev–Trinajstić information content (AvgIpc) is 2.09. The molecule has 1 heterocycles. The standard InChI is InChI=1S/C9H14N2O3S/c1-3-6-11-7-8(4-5-9(11)12)10-15(2,13)14/h4-5,7,10H,3,6H2,1-2H3. The van der Waals surface area contributed by atoms with Crippen molar-refractivity contribution in [1.29, 1.82) is 0 Å². The highest BCUT2D eigenvalue weighted by molar-refractivity contribution is 7.92. The van der Waals surface area contributed by atoms with Crippen LogP contribution in [0.3, 0.4) is 0 Å². The van der Waals surface area contributed by atoms with E-state index in [0.29, 0.717) is 12.2 Å². The second kappa shape index (κ2) is 4.48. The van der Waals surface area contributed by atoms with E-state index in [1.165, 1.54) is 22.9 Å². The summed E-state index contributed by atoms with van der Waals surface area (Å²) in [5, 5.41) is 0. The first kappa shape index (κ1) is 11.8. The zero-order valence-electron chi connectivity index (χ0n) is 8.73. The topological polar surface area (TPSA) is 68.2 Å². The maximum absolute atomic E-state index is 11.3. The smallest absolute Gasteiger partial charge is 0.250 e. The SMILES string of the molecule is CCCn1cc(NS(C)(=O)=O)ccc1=O. The van der Waals surface area contributed by atoms with Crippen LogP contribution in [0.2, 0.25) is 0 Å². The Morgan fingerprint density at radius 3 is 2.60 bits per heavy atom. The van der Waals surface area contributed by atoms with Crippen molar-refractivity contribution in [3.05, 3.63) is 28.7 Å². The predicted molar refractivity (Wildman–Crippen MR) is 59.5 cm³/mol. The van der Waals surface area contributed by atoms with Crippen molar-refractivity contribution < 1.29 is 8.42 Å². The first-order valence-corrected chi connectivity index (χ1v) is 6.50. The van der Waals surface area contributed by atoms with Gasteiger partial charge in [-0.2, -0.15) is 0 Å². The summed E-state index contributed by atoms with van der Waals surface area (Å²) in [5.41, 5.74) is 0.279. The average molecular weight is 230 g/mol. The van der Waals surface area contributed by atoms with E-state index in [2.05, 4.69) is 4.72 Å². The van der Waals surface area contributed by atoms with Gasteiger partial charge in [0.25, 0.3) is 5.56 Å². The Morgan fingerprint density at radius 1 is 1.40 bits per heavy atom. The van der Waals surface area contributed by atoms with Gasteiger partial charge in [-0.1, -0.05) is 6.92 Å². The highest BCUT2D eigenvalue weighted by atomic mass is 32.2.